The first-order valence-electron chi connectivity index (χ1n) is 11.0. The molecule has 2 aliphatic rings. The molecule has 4 heteroatoms. The number of aliphatic hydroxyl groups excluding tert-OH is 1. The Bertz CT molecular complexity index is 1160. The lowest BCUT2D eigenvalue weighted by Gasteiger charge is -2.12. The van der Waals surface area contributed by atoms with Crippen molar-refractivity contribution in [3.63, 3.8) is 0 Å². The Labute approximate surface area is 187 Å². The van der Waals surface area contributed by atoms with E-state index in [1.807, 2.05) is 66.7 Å². The van der Waals surface area contributed by atoms with Gasteiger partial charge in [0.2, 0.25) is 0 Å². The molecule has 1 aliphatic heterocycles. The van der Waals surface area contributed by atoms with Gasteiger partial charge in [0.25, 0.3) is 0 Å². The molecule has 0 fully saturated rings. The highest BCUT2D eigenvalue weighted by atomic mass is 16.6. The summed E-state index contributed by atoms with van der Waals surface area (Å²) in [6.45, 7) is 0. The van der Waals surface area contributed by atoms with Gasteiger partial charge in [-0.15, -0.1) is 0 Å². The third kappa shape index (κ3) is 3.62. The number of ether oxygens (including phenoxy) is 1. The molecule has 4 nitrogen and oxygen atoms in total. The maximum absolute atomic E-state index is 13.2. The number of Topliss-reactive ketones (excluding diaryl/α,β-unsaturated/α-hetero) is 1. The lowest BCUT2D eigenvalue weighted by molar-refractivity contribution is -0.141. The molecule has 1 unspecified atom stereocenters. The van der Waals surface area contributed by atoms with Crippen LogP contribution in [0.1, 0.15) is 41.9 Å². The van der Waals surface area contributed by atoms with Crippen LogP contribution in [0.15, 0.2) is 90.2 Å². The predicted molar refractivity (Wildman–Crippen MR) is 122 cm³/mol. The maximum Gasteiger partial charge on any atom is 0.346 e. The number of hydrogen-bond donors (Lipinski definition) is 1. The van der Waals surface area contributed by atoms with Gasteiger partial charge in [-0.1, -0.05) is 78.9 Å². The van der Waals surface area contributed by atoms with E-state index in [9.17, 15) is 14.7 Å². The highest BCUT2D eigenvalue weighted by molar-refractivity contribution is 6.19. The maximum atomic E-state index is 13.2. The number of aryl methyl sites for hydroxylation is 1. The van der Waals surface area contributed by atoms with E-state index in [1.54, 1.807) is 0 Å². The second kappa shape index (κ2) is 8.46. The van der Waals surface area contributed by atoms with E-state index in [1.165, 1.54) is 5.56 Å². The lowest BCUT2D eigenvalue weighted by atomic mass is 9.89. The second-order valence-electron chi connectivity index (χ2n) is 8.39. The normalized spacial score (nSPS) is 17.2. The van der Waals surface area contributed by atoms with E-state index < -0.39 is 12.1 Å². The molecular formula is C28H24O4. The summed E-state index contributed by atoms with van der Waals surface area (Å²) in [5.41, 5.74) is 5.39. The molecule has 0 radical (unpaired) electrons. The first-order valence-corrected chi connectivity index (χ1v) is 11.0. The zero-order valence-electron chi connectivity index (χ0n) is 17.7. The summed E-state index contributed by atoms with van der Waals surface area (Å²) in [7, 11) is 0. The molecule has 0 bridgehead atoms. The number of carbonyl (C=O) groups is 2. The van der Waals surface area contributed by atoms with Crippen molar-refractivity contribution in [2.75, 3.05) is 0 Å². The Balaban J connectivity index is 1.32. The van der Waals surface area contributed by atoms with Gasteiger partial charge in [0.15, 0.2) is 17.6 Å². The SMILES string of the molecule is O=C(CC1c2ccccc2-c2ccccc21)C1=C(O)C(CCCc2ccccc2)OC1=O. The Morgan fingerprint density at radius 1 is 0.844 bits per heavy atom. The summed E-state index contributed by atoms with van der Waals surface area (Å²) in [4.78, 5) is 25.6. The van der Waals surface area contributed by atoms with Crippen LogP contribution in [0.2, 0.25) is 0 Å². The number of aliphatic hydroxyl groups is 1. The van der Waals surface area contributed by atoms with Gasteiger partial charge in [-0.2, -0.15) is 0 Å². The van der Waals surface area contributed by atoms with E-state index in [0.29, 0.717) is 6.42 Å². The molecule has 1 N–H and O–H groups in total. The topological polar surface area (TPSA) is 63.6 Å². The van der Waals surface area contributed by atoms with Crippen LogP contribution in [-0.2, 0) is 20.7 Å². The van der Waals surface area contributed by atoms with Gasteiger partial charge in [-0.25, -0.2) is 4.79 Å². The predicted octanol–water partition coefficient (Wildman–Crippen LogP) is 5.52. The van der Waals surface area contributed by atoms with Crippen LogP contribution in [0, 0.1) is 0 Å². The second-order valence-corrected chi connectivity index (χ2v) is 8.39. The number of cyclic esters (lactones) is 1. The summed E-state index contributed by atoms with van der Waals surface area (Å²) >= 11 is 0. The summed E-state index contributed by atoms with van der Waals surface area (Å²) < 4.78 is 5.36. The molecule has 1 atom stereocenters. The van der Waals surface area contributed by atoms with Gasteiger partial charge in [0.1, 0.15) is 5.57 Å². The van der Waals surface area contributed by atoms with Crippen molar-refractivity contribution >= 4 is 11.8 Å². The van der Waals surface area contributed by atoms with Gasteiger partial charge >= 0.3 is 5.97 Å². The van der Waals surface area contributed by atoms with E-state index in [0.717, 1.165) is 35.1 Å². The molecule has 1 heterocycles. The summed E-state index contributed by atoms with van der Waals surface area (Å²) in [6.07, 6.45) is 1.43. The van der Waals surface area contributed by atoms with Crippen LogP contribution in [-0.4, -0.2) is 23.0 Å². The molecule has 160 valence electrons. The van der Waals surface area contributed by atoms with Crippen molar-refractivity contribution < 1.29 is 19.4 Å². The van der Waals surface area contributed by atoms with Crippen LogP contribution in [0.4, 0.5) is 0 Å². The molecule has 0 spiro atoms. The number of esters is 1. The van der Waals surface area contributed by atoms with Crippen molar-refractivity contribution in [2.45, 2.75) is 37.7 Å². The van der Waals surface area contributed by atoms with Crippen molar-refractivity contribution in [3.8, 4) is 11.1 Å². The smallest absolute Gasteiger partial charge is 0.346 e. The van der Waals surface area contributed by atoms with Crippen molar-refractivity contribution in [2.24, 2.45) is 0 Å². The first kappa shape index (κ1) is 20.3. The average Bonchev–Trinajstić information content (AvgIpc) is 3.28. The van der Waals surface area contributed by atoms with Crippen LogP contribution >= 0.6 is 0 Å². The van der Waals surface area contributed by atoms with E-state index in [4.69, 9.17) is 4.74 Å². The fraction of sp³-hybridized carbons (Fsp3) is 0.214. The fourth-order valence-corrected chi connectivity index (χ4v) is 4.87. The van der Waals surface area contributed by atoms with Crippen molar-refractivity contribution in [1.82, 2.24) is 0 Å². The number of fused-ring (bicyclic) bond motifs is 3. The summed E-state index contributed by atoms with van der Waals surface area (Å²) in [6, 6.07) is 26.1. The molecule has 5 rings (SSSR count). The van der Waals surface area contributed by atoms with E-state index in [-0.39, 0.29) is 29.5 Å². The zero-order valence-corrected chi connectivity index (χ0v) is 17.7. The molecule has 3 aromatic rings. The minimum absolute atomic E-state index is 0.124. The fourth-order valence-electron chi connectivity index (χ4n) is 4.87. The first-order chi connectivity index (χ1) is 15.6. The van der Waals surface area contributed by atoms with Gasteiger partial charge < -0.3 is 9.84 Å². The van der Waals surface area contributed by atoms with Crippen LogP contribution in [0.25, 0.3) is 11.1 Å². The van der Waals surface area contributed by atoms with Crippen LogP contribution in [0.5, 0.6) is 0 Å². The monoisotopic (exact) mass is 424 g/mol. The Morgan fingerprint density at radius 3 is 2.09 bits per heavy atom. The minimum atomic E-state index is -0.742. The van der Waals surface area contributed by atoms with E-state index in [2.05, 4.69) is 12.1 Å². The van der Waals surface area contributed by atoms with Gasteiger partial charge in [-0.3, -0.25) is 4.79 Å². The van der Waals surface area contributed by atoms with Gasteiger partial charge in [-0.05, 0) is 47.1 Å². The third-order valence-electron chi connectivity index (χ3n) is 6.42. The highest BCUT2D eigenvalue weighted by Gasteiger charge is 2.40. The number of ketones is 1. The molecule has 3 aromatic carbocycles. The lowest BCUT2D eigenvalue weighted by Crippen LogP contribution is -2.14. The quantitative estimate of drug-likeness (QED) is 0.401. The van der Waals surface area contributed by atoms with E-state index >= 15 is 0 Å². The molecule has 1 aliphatic carbocycles. The molecule has 0 amide bonds. The van der Waals surface area contributed by atoms with Gasteiger partial charge in [0.05, 0.1) is 0 Å². The van der Waals surface area contributed by atoms with Crippen LogP contribution < -0.4 is 0 Å². The number of hydrogen-bond acceptors (Lipinski definition) is 4. The summed E-state index contributed by atoms with van der Waals surface area (Å²) in [5, 5.41) is 10.7. The Kier molecular flexibility index (Phi) is 5.36. The molecule has 0 aromatic heterocycles. The average molecular weight is 424 g/mol. The summed E-state index contributed by atoms with van der Waals surface area (Å²) in [5.74, 6) is -1.43. The third-order valence-corrected chi connectivity index (χ3v) is 6.42. The van der Waals surface area contributed by atoms with Crippen molar-refractivity contribution in [1.29, 1.82) is 0 Å². The number of carbonyl (C=O) groups excluding carboxylic acids is 2. The largest absolute Gasteiger partial charge is 0.507 e. The molecule has 0 saturated carbocycles. The Morgan fingerprint density at radius 2 is 1.44 bits per heavy atom. The minimum Gasteiger partial charge on any atom is -0.507 e. The molecular weight excluding hydrogens is 400 g/mol. The number of rotatable bonds is 7. The zero-order chi connectivity index (χ0) is 22.1. The molecule has 32 heavy (non-hydrogen) atoms. The standard InChI is InChI=1S/C28H24O4/c29-24(17-23-21-14-6-4-12-19(21)20-13-5-7-15-22(20)23)26-27(30)25(32-28(26)31)16-8-11-18-9-2-1-3-10-18/h1-7,9-10,12-15,23,25,30H,8,11,16-17H2. The Hall–Kier alpha value is -3.66. The highest BCUT2D eigenvalue weighted by Crippen LogP contribution is 2.46. The van der Waals surface area contributed by atoms with Crippen molar-refractivity contribution in [3.05, 3.63) is 107 Å². The van der Waals surface area contributed by atoms with Crippen LogP contribution in [0.3, 0.4) is 0 Å². The number of benzene rings is 3. The van der Waals surface area contributed by atoms with Gasteiger partial charge in [0, 0.05) is 12.3 Å². The molecule has 0 saturated heterocycles.